The second-order valence-electron chi connectivity index (χ2n) is 7.22. The van der Waals surface area contributed by atoms with Gasteiger partial charge in [-0.2, -0.15) is 5.10 Å². The topological polar surface area (TPSA) is 70.5 Å². The van der Waals surface area contributed by atoms with Gasteiger partial charge in [-0.25, -0.2) is 0 Å². The molecule has 1 N–H and O–H groups in total. The van der Waals surface area contributed by atoms with Gasteiger partial charge in [-0.3, -0.25) is 19.2 Å². The molecule has 0 bridgehead atoms. The van der Waals surface area contributed by atoms with Crippen LogP contribution < -0.4 is 5.32 Å². The summed E-state index contributed by atoms with van der Waals surface area (Å²) in [7, 11) is 1.80. The van der Waals surface area contributed by atoms with Crippen molar-refractivity contribution in [2.75, 3.05) is 32.7 Å². The smallest absolute Gasteiger partial charge is 0.272 e. The molecule has 3 heterocycles. The molecule has 25 heavy (non-hydrogen) atoms. The fourth-order valence-electron chi connectivity index (χ4n) is 3.72. The number of aryl methyl sites for hydroxylation is 1. The largest absolute Gasteiger partial charge is 0.347 e. The maximum absolute atomic E-state index is 12.6. The van der Waals surface area contributed by atoms with Gasteiger partial charge in [0.05, 0.1) is 6.54 Å². The van der Waals surface area contributed by atoms with E-state index in [1.165, 1.54) is 12.8 Å². The molecular weight excluding hydrogens is 318 g/mol. The molecule has 1 unspecified atom stereocenters. The van der Waals surface area contributed by atoms with E-state index in [0.717, 1.165) is 51.9 Å². The summed E-state index contributed by atoms with van der Waals surface area (Å²) in [6.07, 6.45) is 8.42. The summed E-state index contributed by atoms with van der Waals surface area (Å²) in [6, 6.07) is 1.80. The predicted octanol–water partition coefficient (Wildman–Crippen LogP) is 1.02. The molecule has 2 fully saturated rings. The average Bonchev–Trinajstić information content (AvgIpc) is 2.85. The Morgan fingerprint density at radius 2 is 1.92 bits per heavy atom. The lowest BCUT2D eigenvalue weighted by molar-refractivity contribution is -0.132. The molecule has 7 heteroatoms. The Morgan fingerprint density at radius 1 is 1.16 bits per heavy atom. The molecule has 0 aliphatic carbocycles. The van der Waals surface area contributed by atoms with Crippen LogP contribution in [-0.2, 0) is 11.8 Å². The summed E-state index contributed by atoms with van der Waals surface area (Å²) < 4.78 is 1.63. The molecule has 1 atom stereocenters. The SMILES string of the molecule is Cn1ccc(C(=O)NC2CCCN(CC(=O)N3CCCCCC3)C2)n1. The van der Waals surface area contributed by atoms with E-state index in [-0.39, 0.29) is 17.9 Å². The van der Waals surface area contributed by atoms with Crippen LogP contribution in [0.15, 0.2) is 12.3 Å². The Hall–Kier alpha value is -1.89. The van der Waals surface area contributed by atoms with Gasteiger partial charge in [-0.15, -0.1) is 0 Å². The lowest BCUT2D eigenvalue weighted by Crippen LogP contribution is -2.50. The molecule has 1 aromatic heterocycles. The second kappa shape index (κ2) is 8.47. The Kier molecular flexibility index (Phi) is 6.07. The zero-order chi connectivity index (χ0) is 17.6. The molecule has 138 valence electrons. The highest BCUT2D eigenvalue weighted by atomic mass is 16.2. The summed E-state index contributed by atoms with van der Waals surface area (Å²) in [5.41, 5.74) is 0.445. The summed E-state index contributed by atoms with van der Waals surface area (Å²) in [4.78, 5) is 29.0. The predicted molar refractivity (Wildman–Crippen MR) is 95.2 cm³/mol. The van der Waals surface area contributed by atoms with Gasteiger partial charge in [0.15, 0.2) is 0 Å². The Morgan fingerprint density at radius 3 is 2.60 bits per heavy atom. The fraction of sp³-hybridized carbons (Fsp3) is 0.722. The van der Waals surface area contributed by atoms with Gasteiger partial charge in [0.1, 0.15) is 5.69 Å². The highest BCUT2D eigenvalue weighted by Gasteiger charge is 2.25. The lowest BCUT2D eigenvalue weighted by Gasteiger charge is -2.34. The van der Waals surface area contributed by atoms with E-state index in [9.17, 15) is 9.59 Å². The molecule has 2 saturated heterocycles. The maximum Gasteiger partial charge on any atom is 0.272 e. The van der Waals surface area contributed by atoms with Crippen LogP contribution in [0, 0.1) is 0 Å². The van der Waals surface area contributed by atoms with Crippen molar-refractivity contribution in [3.63, 3.8) is 0 Å². The molecular formula is C18H29N5O2. The summed E-state index contributed by atoms with van der Waals surface area (Å²) in [5, 5.41) is 7.20. The van der Waals surface area contributed by atoms with Crippen LogP contribution in [0.4, 0.5) is 0 Å². The fourth-order valence-corrected chi connectivity index (χ4v) is 3.72. The molecule has 0 radical (unpaired) electrons. The molecule has 2 amide bonds. The first kappa shape index (κ1) is 17.9. The number of carbonyl (C=O) groups is 2. The van der Waals surface area contributed by atoms with Crippen molar-refractivity contribution in [2.24, 2.45) is 7.05 Å². The van der Waals surface area contributed by atoms with Crippen LogP contribution in [0.2, 0.25) is 0 Å². The standard InChI is InChI=1S/C18H29N5O2/c1-21-12-8-16(20-21)18(25)19-15-7-6-9-22(13-15)14-17(24)23-10-4-2-3-5-11-23/h8,12,15H,2-7,9-11,13-14H2,1H3,(H,19,25). The zero-order valence-electron chi connectivity index (χ0n) is 15.1. The number of likely N-dealkylation sites (tertiary alicyclic amines) is 2. The Balaban J connectivity index is 1.48. The van der Waals surface area contributed by atoms with Crippen LogP contribution in [0.5, 0.6) is 0 Å². The minimum Gasteiger partial charge on any atom is -0.347 e. The van der Waals surface area contributed by atoms with Gasteiger partial charge in [0.25, 0.3) is 5.91 Å². The number of rotatable bonds is 4. The molecule has 2 aliphatic heterocycles. The van der Waals surface area contributed by atoms with Crippen LogP contribution in [0.25, 0.3) is 0 Å². The number of hydrogen-bond donors (Lipinski definition) is 1. The number of carbonyl (C=O) groups excluding carboxylic acids is 2. The lowest BCUT2D eigenvalue weighted by atomic mass is 10.1. The van der Waals surface area contributed by atoms with Crippen molar-refractivity contribution in [2.45, 2.75) is 44.6 Å². The molecule has 0 saturated carbocycles. The van der Waals surface area contributed by atoms with Crippen molar-refractivity contribution in [3.05, 3.63) is 18.0 Å². The number of amides is 2. The molecule has 0 aromatic carbocycles. The Bertz CT molecular complexity index is 592. The monoisotopic (exact) mass is 347 g/mol. The van der Waals surface area contributed by atoms with Crippen molar-refractivity contribution in [1.29, 1.82) is 0 Å². The summed E-state index contributed by atoms with van der Waals surface area (Å²) in [6.45, 7) is 3.92. The quantitative estimate of drug-likeness (QED) is 0.883. The van der Waals surface area contributed by atoms with Gasteiger partial charge in [0, 0.05) is 38.9 Å². The average molecular weight is 347 g/mol. The third-order valence-electron chi connectivity index (χ3n) is 5.10. The summed E-state index contributed by atoms with van der Waals surface area (Å²) >= 11 is 0. The molecule has 0 spiro atoms. The number of piperidine rings is 1. The van der Waals surface area contributed by atoms with Gasteiger partial charge in [-0.05, 0) is 38.3 Å². The van der Waals surface area contributed by atoms with E-state index in [2.05, 4.69) is 15.3 Å². The Labute approximate surface area is 149 Å². The van der Waals surface area contributed by atoms with Crippen molar-refractivity contribution >= 4 is 11.8 Å². The third kappa shape index (κ3) is 5.04. The molecule has 2 aliphatic rings. The number of nitrogens with zero attached hydrogens (tertiary/aromatic N) is 4. The normalized spacial score (nSPS) is 22.4. The number of hydrogen-bond acceptors (Lipinski definition) is 4. The van der Waals surface area contributed by atoms with Crippen LogP contribution in [-0.4, -0.2) is 70.2 Å². The highest BCUT2D eigenvalue weighted by molar-refractivity contribution is 5.92. The van der Waals surface area contributed by atoms with E-state index in [4.69, 9.17) is 0 Å². The molecule has 7 nitrogen and oxygen atoms in total. The van der Waals surface area contributed by atoms with E-state index in [0.29, 0.717) is 12.2 Å². The first-order valence-electron chi connectivity index (χ1n) is 9.42. The van der Waals surface area contributed by atoms with E-state index < -0.39 is 0 Å². The van der Waals surface area contributed by atoms with Gasteiger partial charge >= 0.3 is 0 Å². The van der Waals surface area contributed by atoms with E-state index in [1.54, 1.807) is 24.0 Å². The van der Waals surface area contributed by atoms with Crippen LogP contribution in [0.3, 0.4) is 0 Å². The zero-order valence-corrected chi connectivity index (χ0v) is 15.1. The van der Waals surface area contributed by atoms with Crippen molar-refractivity contribution in [1.82, 2.24) is 24.9 Å². The minimum absolute atomic E-state index is 0.0835. The summed E-state index contributed by atoms with van der Waals surface area (Å²) in [5.74, 6) is 0.102. The van der Waals surface area contributed by atoms with Crippen molar-refractivity contribution < 1.29 is 9.59 Å². The number of nitrogens with one attached hydrogen (secondary N) is 1. The third-order valence-corrected chi connectivity index (χ3v) is 5.10. The molecule has 3 rings (SSSR count). The van der Waals surface area contributed by atoms with Gasteiger partial charge in [0.2, 0.25) is 5.91 Å². The van der Waals surface area contributed by atoms with Gasteiger partial charge < -0.3 is 10.2 Å². The van der Waals surface area contributed by atoms with Gasteiger partial charge in [-0.1, -0.05) is 12.8 Å². The first-order chi connectivity index (χ1) is 12.1. The van der Waals surface area contributed by atoms with Crippen molar-refractivity contribution in [3.8, 4) is 0 Å². The number of aromatic nitrogens is 2. The minimum atomic E-state index is -0.133. The highest BCUT2D eigenvalue weighted by Crippen LogP contribution is 2.13. The second-order valence-corrected chi connectivity index (χ2v) is 7.22. The van der Waals surface area contributed by atoms with Crippen LogP contribution >= 0.6 is 0 Å². The first-order valence-corrected chi connectivity index (χ1v) is 9.42. The van der Waals surface area contributed by atoms with E-state index >= 15 is 0 Å². The molecule has 1 aromatic rings. The van der Waals surface area contributed by atoms with Crippen LogP contribution in [0.1, 0.15) is 49.0 Å². The maximum atomic E-state index is 12.6. The van der Waals surface area contributed by atoms with E-state index in [1.807, 2.05) is 4.90 Å².